The maximum absolute atomic E-state index is 9.61. The van der Waals surface area contributed by atoms with Gasteiger partial charge in [-0.1, -0.05) is 44.2 Å². The lowest BCUT2D eigenvalue weighted by Gasteiger charge is -2.40. The van der Waals surface area contributed by atoms with Crippen LogP contribution in [-0.4, -0.2) is 29.3 Å². The number of aliphatic hydroxyl groups excluding tert-OH is 1. The first kappa shape index (κ1) is 13.9. The Morgan fingerprint density at radius 1 is 1.39 bits per heavy atom. The molecule has 1 heterocycles. The average Bonchev–Trinajstić information content (AvgIpc) is 2.38. The Labute approximate surface area is 114 Å². The molecule has 2 nitrogen and oxygen atoms in total. The summed E-state index contributed by atoms with van der Waals surface area (Å²) in [6.07, 6.45) is 1.24. The quantitative estimate of drug-likeness (QED) is 0.878. The van der Waals surface area contributed by atoms with Crippen LogP contribution in [0.1, 0.15) is 31.9 Å². The molecule has 1 aromatic carbocycles. The van der Waals surface area contributed by atoms with Crippen molar-refractivity contribution >= 4 is 11.8 Å². The van der Waals surface area contributed by atoms with E-state index in [4.69, 9.17) is 0 Å². The summed E-state index contributed by atoms with van der Waals surface area (Å²) in [5.41, 5.74) is 1.49. The summed E-state index contributed by atoms with van der Waals surface area (Å²) < 4.78 is 0. The molecule has 2 atom stereocenters. The van der Waals surface area contributed by atoms with Crippen LogP contribution in [0.15, 0.2) is 30.3 Å². The fourth-order valence-corrected chi connectivity index (χ4v) is 4.01. The van der Waals surface area contributed by atoms with E-state index in [1.807, 2.05) is 30.0 Å². The Balaban J connectivity index is 2.06. The Bertz CT molecular complexity index is 366. The summed E-state index contributed by atoms with van der Waals surface area (Å²) in [5.74, 6) is 2.39. The van der Waals surface area contributed by atoms with Gasteiger partial charge in [0.2, 0.25) is 0 Å². The maximum Gasteiger partial charge on any atom is 0.0626 e. The zero-order valence-corrected chi connectivity index (χ0v) is 12.0. The van der Waals surface area contributed by atoms with Crippen LogP contribution in [0.2, 0.25) is 0 Å². The van der Waals surface area contributed by atoms with Crippen molar-refractivity contribution in [3.8, 4) is 0 Å². The van der Waals surface area contributed by atoms with Gasteiger partial charge in [0.05, 0.1) is 12.6 Å². The van der Waals surface area contributed by atoms with Crippen LogP contribution in [0.5, 0.6) is 0 Å². The van der Waals surface area contributed by atoms with Crippen LogP contribution in [0.4, 0.5) is 0 Å². The van der Waals surface area contributed by atoms with E-state index in [0.29, 0.717) is 11.5 Å². The zero-order chi connectivity index (χ0) is 13.0. The van der Waals surface area contributed by atoms with Crippen molar-refractivity contribution in [1.29, 1.82) is 0 Å². The molecule has 18 heavy (non-hydrogen) atoms. The van der Waals surface area contributed by atoms with Gasteiger partial charge in [-0.2, -0.15) is 11.8 Å². The van der Waals surface area contributed by atoms with Crippen LogP contribution in [0.3, 0.4) is 0 Å². The van der Waals surface area contributed by atoms with Gasteiger partial charge in [-0.3, -0.25) is 0 Å². The first-order chi connectivity index (χ1) is 8.63. The van der Waals surface area contributed by atoms with Crippen LogP contribution in [0, 0.1) is 5.41 Å². The number of aliphatic hydroxyl groups is 1. The second-order valence-corrected chi connectivity index (χ2v) is 6.83. The minimum absolute atomic E-state index is 0.0502. The van der Waals surface area contributed by atoms with E-state index in [9.17, 15) is 5.11 Å². The fraction of sp³-hybridized carbons (Fsp3) is 0.600. The number of nitrogens with one attached hydrogen (secondary N) is 1. The summed E-state index contributed by atoms with van der Waals surface area (Å²) in [6, 6.07) is 10.7. The Morgan fingerprint density at radius 2 is 2.11 bits per heavy atom. The number of hydrogen-bond donors (Lipinski definition) is 2. The molecular weight excluding hydrogens is 242 g/mol. The van der Waals surface area contributed by atoms with Gasteiger partial charge < -0.3 is 10.4 Å². The molecule has 0 spiro atoms. The number of hydrogen-bond acceptors (Lipinski definition) is 3. The zero-order valence-electron chi connectivity index (χ0n) is 11.2. The van der Waals surface area contributed by atoms with Crippen molar-refractivity contribution < 1.29 is 5.11 Å². The fourth-order valence-electron chi connectivity index (χ4n) is 2.39. The van der Waals surface area contributed by atoms with E-state index in [1.165, 1.54) is 17.7 Å². The highest BCUT2D eigenvalue weighted by Gasteiger charge is 2.33. The molecule has 3 heteroatoms. The number of thioether (sulfide) groups is 1. The molecular formula is C15H23NOS. The normalized spacial score (nSPS) is 24.7. The number of rotatable bonds is 4. The summed E-state index contributed by atoms with van der Waals surface area (Å²) in [6.45, 7) is 4.80. The van der Waals surface area contributed by atoms with Gasteiger partial charge in [-0.05, 0) is 23.2 Å². The molecule has 0 saturated carbocycles. The van der Waals surface area contributed by atoms with Crippen LogP contribution in [-0.2, 0) is 0 Å². The van der Waals surface area contributed by atoms with Crippen molar-refractivity contribution in [2.24, 2.45) is 5.41 Å². The van der Waals surface area contributed by atoms with E-state index in [1.54, 1.807) is 0 Å². The molecule has 2 rings (SSSR count). The highest BCUT2D eigenvalue weighted by molar-refractivity contribution is 7.99. The van der Waals surface area contributed by atoms with E-state index in [2.05, 4.69) is 31.3 Å². The second kappa shape index (κ2) is 6.09. The molecule has 100 valence electrons. The SMILES string of the molecule is CC1(C)CCSCC1N[C@H](CO)c1ccccc1. The molecule has 0 bridgehead atoms. The standard InChI is InChI=1S/C15H23NOS/c1-15(2)8-9-18-11-14(15)16-13(10-17)12-6-4-3-5-7-12/h3-7,13-14,16-17H,8-11H2,1-2H3/t13-,14?/m1/s1. The Kier molecular flexibility index (Phi) is 4.71. The predicted molar refractivity (Wildman–Crippen MR) is 78.9 cm³/mol. The van der Waals surface area contributed by atoms with E-state index < -0.39 is 0 Å². The highest BCUT2D eigenvalue weighted by Crippen LogP contribution is 2.35. The summed E-state index contributed by atoms with van der Waals surface area (Å²) >= 11 is 2.01. The van der Waals surface area contributed by atoms with E-state index in [0.717, 1.165) is 5.75 Å². The second-order valence-electron chi connectivity index (χ2n) is 5.68. The van der Waals surface area contributed by atoms with Crippen LogP contribution >= 0.6 is 11.8 Å². The van der Waals surface area contributed by atoms with E-state index >= 15 is 0 Å². The molecule has 1 saturated heterocycles. The molecule has 1 aromatic rings. The lowest BCUT2D eigenvalue weighted by atomic mass is 9.81. The maximum atomic E-state index is 9.61. The topological polar surface area (TPSA) is 32.3 Å². The van der Waals surface area contributed by atoms with Crippen LogP contribution < -0.4 is 5.32 Å². The molecule has 0 amide bonds. The van der Waals surface area contributed by atoms with Gasteiger partial charge in [0.15, 0.2) is 0 Å². The molecule has 0 aromatic heterocycles. The molecule has 1 unspecified atom stereocenters. The third-order valence-corrected chi connectivity index (χ3v) is 4.97. The minimum Gasteiger partial charge on any atom is -0.394 e. The first-order valence-electron chi connectivity index (χ1n) is 6.63. The average molecular weight is 265 g/mol. The van der Waals surface area contributed by atoms with Gasteiger partial charge in [-0.15, -0.1) is 0 Å². The summed E-state index contributed by atoms with van der Waals surface area (Å²) in [5, 5.41) is 13.3. The van der Waals surface area contributed by atoms with Crippen molar-refractivity contribution in [3.63, 3.8) is 0 Å². The molecule has 2 N–H and O–H groups in total. The van der Waals surface area contributed by atoms with Gasteiger partial charge in [0, 0.05) is 11.8 Å². The minimum atomic E-state index is 0.0502. The third-order valence-electron chi connectivity index (χ3n) is 3.91. The summed E-state index contributed by atoms with van der Waals surface area (Å²) in [7, 11) is 0. The lowest BCUT2D eigenvalue weighted by Crippen LogP contribution is -2.48. The molecule has 1 aliphatic rings. The number of benzene rings is 1. The van der Waals surface area contributed by atoms with Crippen molar-refractivity contribution in [2.45, 2.75) is 32.4 Å². The largest absolute Gasteiger partial charge is 0.394 e. The highest BCUT2D eigenvalue weighted by atomic mass is 32.2. The Morgan fingerprint density at radius 3 is 2.72 bits per heavy atom. The predicted octanol–water partition coefficient (Wildman–Crippen LogP) is 2.84. The molecule has 1 fully saturated rings. The third kappa shape index (κ3) is 3.28. The Hall–Kier alpha value is -0.510. The van der Waals surface area contributed by atoms with Gasteiger partial charge >= 0.3 is 0 Å². The van der Waals surface area contributed by atoms with Crippen LogP contribution in [0.25, 0.3) is 0 Å². The van der Waals surface area contributed by atoms with Crippen molar-refractivity contribution in [1.82, 2.24) is 5.32 Å². The van der Waals surface area contributed by atoms with Gasteiger partial charge in [0.25, 0.3) is 0 Å². The lowest BCUT2D eigenvalue weighted by molar-refractivity contribution is 0.183. The molecule has 0 radical (unpaired) electrons. The molecule has 1 aliphatic heterocycles. The van der Waals surface area contributed by atoms with Crippen molar-refractivity contribution in [2.75, 3.05) is 18.1 Å². The van der Waals surface area contributed by atoms with Gasteiger partial charge in [-0.25, -0.2) is 0 Å². The first-order valence-corrected chi connectivity index (χ1v) is 7.78. The van der Waals surface area contributed by atoms with Gasteiger partial charge in [0.1, 0.15) is 0 Å². The smallest absolute Gasteiger partial charge is 0.0626 e. The molecule has 0 aliphatic carbocycles. The summed E-state index contributed by atoms with van der Waals surface area (Å²) in [4.78, 5) is 0. The van der Waals surface area contributed by atoms with E-state index in [-0.39, 0.29) is 12.6 Å². The van der Waals surface area contributed by atoms with Crippen molar-refractivity contribution in [3.05, 3.63) is 35.9 Å². The monoisotopic (exact) mass is 265 g/mol.